The lowest BCUT2D eigenvalue weighted by Crippen LogP contribution is -2.35. The molecule has 2 fully saturated rings. The van der Waals surface area contributed by atoms with Crippen molar-refractivity contribution in [2.45, 2.75) is 43.9 Å². The first kappa shape index (κ1) is 16.5. The molecule has 0 aromatic carbocycles. The number of guanidine groups is 1. The number of rotatable bonds is 4. The normalized spacial score (nSPS) is 26.7. The van der Waals surface area contributed by atoms with Gasteiger partial charge in [-0.25, -0.2) is 0 Å². The zero-order valence-corrected chi connectivity index (χ0v) is 13.8. The number of carbonyl (C=O) groups is 1. The van der Waals surface area contributed by atoms with Gasteiger partial charge in [0.2, 0.25) is 0 Å². The molecular weight excluding hydrogens is 359 g/mol. The van der Waals surface area contributed by atoms with E-state index < -0.39 is 0 Å². The molecule has 0 radical (unpaired) electrons. The summed E-state index contributed by atoms with van der Waals surface area (Å²) in [6.07, 6.45) is 3.69. The first-order chi connectivity index (χ1) is 8.56. The third-order valence-corrected chi connectivity index (χ3v) is 3.22. The van der Waals surface area contributed by atoms with Crippen LogP contribution in [-0.4, -0.2) is 55.7 Å². The van der Waals surface area contributed by atoms with Crippen molar-refractivity contribution in [2.75, 3.05) is 20.6 Å². The summed E-state index contributed by atoms with van der Waals surface area (Å²) in [6.45, 7) is 0.531. The van der Waals surface area contributed by atoms with E-state index in [1.807, 2.05) is 0 Å². The molecule has 1 amide bonds. The van der Waals surface area contributed by atoms with E-state index in [-0.39, 0.29) is 42.1 Å². The Balaban J connectivity index is 0.00000180. The van der Waals surface area contributed by atoms with Crippen LogP contribution in [-0.2, 0) is 9.53 Å². The summed E-state index contributed by atoms with van der Waals surface area (Å²) in [5.41, 5.74) is 5.74. The van der Waals surface area contributed by atoms with Gasteiger partial charge in [-0.1, -0.05) is 0 Å². The molecular formula is C12H23IN4O2. The number of nitrogens with two attached hydrogens (primary N) is 1. The van der Waals surface area contributed by atoms with E-state index in [9.17, 15) is 4.79 Å². The highest BCUT2D eigenvalue weighted by Gasteiger charge is 2.31. The minimum Gasteiger partial charge on any atom is -0.370 e. The van der Waals surface area contributed by atoms with Gasteiger partial charge in [-0.2, -0.15) is 0 Å². The molecule has 1 aliphatic heterocycles. The van der Waals surface area contributed by atoms with Crippen LogP contribution < -0.4 is 11.1 Å². The van der Waals surface area contributed by atoms with E-state index in [4.69, 9.17) is 10.5 Å². The number of ether oxygens (including phenoxy) is 1. The number of nitrogens with one attached hydrogen (secondary N) is 1. The summed E-state index contributed by atoms with van der Waals surface area (Å²) < 4.78 is 5.67. The molecule has 1 heterocycles. The van der Waals surface area contributed by atoms with Crippen molar-refractivity contribution in [1.82, 2.24) is 10.2 Å². The van der Waals surface area contributed by atoms with E-state index >= 15 is 0 Å². The summed E-state index contributed by atoms with van der Waals surface area (Å²) in [4.78, 5) is 17.5. The van der Waals surface area contributed by atoms with Gasteiger partial charge in [0.05, 0.1) is 12.6 Å². The maximum atomic E-state index is 11.7. The molecule has 3 N–H and O–H groups in total. The number of halogens is 1. The van der Waals surface area contributed by atoms with Crippen LogP contribution in [0, 0.1) is 0 Å². The molecule has 0 spiro atoms. The molecule has 0 bridgehead atoms. The van der Waals surface area contributed by atoms with Crippen molar-refractivity contribution >= 4 is 35.8 Å². The SMILES string of the molecule is CN(C)C(=O)C1CCC(CN=C(N)NC2CC2)O1.I. The van der Waals surface area contributed by atoms with Crippen molar-refractivity contribution < 1.29 is 9.53 Å². The van der Waals surface area contributed by atoms with E-state index in [0.717, 1.165) is 12.8 Å². The second kappa shape index (κ2) is 7.28. The van der Waals surface area contributed by atoms with Crippen LogP contribution in [0.5, 0.6) is 0 Å². The van der Waals surface area contributed by atoms with Gasteiger partial charge in [0.1, 0.15) is 6.10 Å². The fourth-order valence-corrected chi connectivity index (χ4v) is 1.99. The van der Waals surface area contributed by atoms with Crippen LogP contribution in [0.1, 0.15) is 25.7 Å². The molecule has 1 saturated heterocycles. The number of carbonyl (C=O) groups excluding carboxylic acids is 1. The van der Waals surface area contributed by atoms with E-state index in [0.29, 0.717) is 18.5 Å². The van der Waals surface area contributed by atoms with Gasteiger partial charge in [0, 0.05) is 20.1 Å². The summed E-state index contributed by atoms with van der Waals surface area (Å²) >= 11 is 0. The van der Waals surface area contributed by atoms with E-state index in [1.54, 1.807) is 19.0 Å². The molecule has 1 aliphatic carbocycles. The molecule has 6 nitrogen and oxygen atoms in total. The predicted octanol–water partition coefficient (Wildman–Crippen LogP) is 0.307. The Hall–Kier alpha value is -0.570. The number of nitrogens with zero attached hydrogens (tertiary/aromatic N) is 2. The average molecular weight is 382 g/mol. The Morgan fingerprint density at radius 3 is 2.63 bits per heavy atom. The van der Waals surface area contributed by atoms with Crippen LogP contribution in [0.25, 0.3) is 0 Å². The smallest absolute Gasteiger partial charge is 0.251 e. The summed E-state index contributed by atoms with van der Waals surface area (Å²) in [6, 6.07) is 0.515. The first-order valence-electron chi connectivity index (χ1n) is 6.49. The Kier molecular flexibility index (Phi) is 6.31. The molecule has 2 atom stereocenters. The van der Waals surface area contributed by atoms with Crippen molar-refractivity contribution in [2.24, 2.45) is 10.7 Å². The standard InChI is InChI=1S/C12H22N4O2.HI/c1-16(2)11(17)10-6-5-9(18-10)7-14-12(13)15-8-3-4-8;/h8-10H,3-7H2,1-2H3,(H3,13,14,15);1H. The largest absolute Gasteiger partial charge is 0.370 e. The monoisotopic (exact) mass is 382 g/mol. The van der Waals surface area contributed by atoms with Crippen LogP contribution in [0.4, 0.5) is 0 Å². The van der Waals surface area contributed by atoms with Gasteiger partial charge < -0.3 is 20.7 Å². The first-order valence-corrected chi connectivity index (χ1v) is 6.49. The fraction of sp³-hybridized carbons (Fsp3) is 0.833. The van der Waals surface area contributed by atoms with Crippen LogP contribution in [0.3, 0.4) is 0 Å². The van der Waals surface area contributed by atoms with Crippen molar-refractivity contribution in [3.63, 3.8) is 0 Å². The lowest BCUT2D eigenvalue weighted by atomic mass is 10.2. The van der Waals surface area contributed by atoms with Crippen molar-refractivity contribution in [3.05, 3.63) is 0 Å². The van der Waals surface area contributed by atoms with Crippen LogP contribution >= 0.6 is 24.0 Å². The second-order valence-corrected chi connectivity index (χ2v) is 5.20. The molecule has 7 heteroatoms. The minimum absolute atomic E-state index is 0. The van der Waals surface area contributed by atoms with Crippen LogP contribution in [0.2, 0.25) is 0 Å². The third-order valence-electron chi connectivity index (χ3n) is 3.22. The molecule has 2 rings (SSSR count). The van der Waals surface area contributed by atoms with Crippen molar-refractivity contribution in [1.29, 1.82) is 0 Å². The maximum Gasteiger partial charge on any atom is 0.251 e. The number of hydrogen-bond acceptors (Lipinski definition) is 3. The van der Waals surface area contributed by atoms with Gasteiger partial charge in [0.15, 0.2) is 5.96 Å². The topological polar surface area (TPSA) is 80.0 Å². The zero-order valence-electron chi connectivity index (χ0n) is 11.5. The predicted molar refractivity (Wildman–Crippen MR) is 84.7 cm³/mol. The van der Waals surface area contributed by atoms with Gasteiger partial charge in [-0.3, -0.25) is 9.79 Å². The molecule has 2 unspecified atom stereocenters. The Morgan fingerprint density at radius 2 is 2.05 bits per heavy atom. The Bertz CT molecular complexity index is 345. The Morgan fingerprint density at radius 1 is 1.37 bits per heavy atom. The van der Waals surface area contributed by atoms with Crippen molar-refractivity contribution in [3.8, 4) is 0 Å². The highest BCUT2D eigenvalue weighted by atomic mass is 127. The van der Waals surface area contributed by atoms with Gasteiger partial charge in [-0.05, 0) is 25.7 Å². The van der Waals surface area contributed by atoms with Gasteiger partial charge in [-0.15, -0.1) is 24.0 Å². The summed E-state index contributed by atoms with van der Waals surface area (Å²) in [5.74, 6) is 0.522. The second-order valence-electron chi connectivity index (χ2n) is 5.20. The summed E-state index contributed by atoms with van der Waals surface area (Å²) in [7, 11) is 3.49. The lowest BCUT2D eigenvalue weighted by Gasteiger charge is -2.16. The molecule has 110 valence electrons. The number of likely N-dealkylation sites (N-methyl/N-ethyl adjacent to an activating group) is 1. The lowest BCUT2D eigenvalue weighted by molar-refractivity contribution is -0.140. The highest BCUT2D eigenvalue weighted by molar-refractivity contribution is 14.0. The minimum atomic E-state index is -0.308. The Labute approximate surface area is 131 Å². The van der Waals surface area contributed by atoms with Gasteiger partial charge >= 0.3 is 0 Å². The van der Waals surface area contributed by atoms with E-state index in [2.05, 4.69) is 10.3 Å². The van der Waals surface area contributed by atoms with E-state index in [1.165, 1.54) is 12.8 Å². The van der Waals surface area contributed by atoms with Crippen LogP contribution in [0.15, 0.2) is 4.99 Å². The molecule has 1 saturated carbocycles. The summed E-state index contributed by atoms with van der Waals surface area (Å²) in [5, 5.41) is 3.13. The molecule has 19 heavy (non-hydrogen) atoms. The quantitative estimate of drug-likeness (QED) is 0.417. The fourth-order valence-electron chi connectivity index (χ4n) is 1.99. The average Bonchev–Trinajstić information content (AvgIpc) is 3.01. The molecule has 0 aromatic rings. The number of amides is 1. The molecule has 2 aliphatic rings. The maximum absolute atomic E-state index is 11.7. The number of hydrogen-bond donors (Lipinski definition) is 2. The molecule has 0 aromatic heterocycles. The van der Waals surface area contributed by atoms with Gasteiger partial charge in [0.25, 0.3) is 5.91 Å². The highest BCUT2D eigenvalue weighted by Crippen LogP contribution is 2.21. The number of aliphatic imine (C=N–C) groups is 1. The zero-order chi connectivity index (χ0) is 13.1. The third kappa shape index (κ3) is 5.13.